The van der Waals surface area contributed by atoms with Gasteiger partial charge in [0.15, 0.2) is 5.75 Å². The van der Waals surface area contributed by atoms with Crippen molar-refractivity contribution < 1.29 is 14.6 Å². The van der Waals surface area contributed by atoms with E-state index < -0.39 is 11.6 Å². The number of amides is 1. The van der Waals surface area contributed by atoms with Crippen LogP contribution in [0.3, 0.4) is 0 Å². The summed E-state index contributed by atoms with van der Waals surface area (Å²) in [5.74, 6) is 0.399. The molecular weight excluding hydrogens is 352 g/mol. The third-order valence-electron chi connectivity index (χ3n) is 4.55. The van der Waals surface area contributed by atoms with E-state index in [2.05, 4.69) is 22.4 Å². The number of aliphatic hydroxyl groups excluding tert-OH is 1. The van der Waals surface area contributed by atoms with Crippen LogP contribution in [-0.2, 0) is 12.0 Å². The molecule has 0 spiro atoms. The van der Waals surface area contributed by atoms with Gasteiger partial charge < -0.3 is 15.2 Å². The first kappa shape index (κ1) is 19.6. The van der Waals surface area contributed by atoms with Crippen LogP contribution in [-0.4, -0.2) is 22.8 Å². The summed E-state index contributed by atoms with van der Waals surface area (Å²) in [4.78, 5) is 16.1. The Bertz CT molecular complexity index is 905. The van der Waals surface area contributed by atoms with Crippen LogP contribution in [0.25, 0.3) is 11.1 Å². The molecule has 0 atom stereocenters. The van der Waals surface area contributed by atoms with E-state index in [4.69, 9.17) is 9.84 Å². The molecule has 0 aliphatic rings. The van der Waals surface area contributed by atoms with Crippen LogP contribution in [0.2, 0.25) is 0 Å². The SMILES string of the molecule is CC(C)(NC(=O)Oc1cccnc1)c1ccc(-c2ccc(CCO)cc2)cc1. The number of aliphatic hydroxyl groups is 1. The first-order chi connectivity index (χ1) is 13.5. The van der Waals surface area contributed by atoms with E-state index in [1.807, 2.05) is 50.2 Å². The van der Waals surface area contributed by atoms with E-state index >= 15 is 0 Å². The van der Waals surface area contributed by atoms with Crippen molar-refractivity contribution in [3.05, 3.63) is 84.2 Å². The second kappa shape index (κ2) is 8.67. The lowest BCUT2D eigenvalue weighted by Gasteiger charge is -2.26. The minimum Gasteiger partial charge on any atom is -0.409 e. The van der Waals surface area contributed by atoms with Gasteiger partial charge in [0.2, 0.25) is 0 Å². The fraction of sp³-hybridized carbons (Fsp3) is 0.217. The van der Waals surface area contributed by atoms with Crippen LogP contribution in [0.15, 0.2) is 73.1 Å². The maximum Gasteiger partial charge on any atom is 0.413 e. The molecule has 5 heteroatoms. The number of rotatable bonds is 6. The standard InChI is InChI=1S/C23H24N2O3/c1-23(2,25-22(27)28-21-4-3-14-24-16-21)20-11-9-19(10-12-20)18-7-5-17(6-8-18)13-15-26/h3-12,14,16,26H,13,15H2,1-2H3,(H,25,27). The third-order valence-corrected chi connectivity index (χ3v) is 4.55. The van der Waals surface area contributed by atoms with Gasteiger partial charge in [-0.25, -0.2) is 4.79 Å². The first-order valence-electron chi connectivity index (χ1n) is 9.19. The van der Waals surface area contributed by atoms with E-state index in [0.29, 0.717) is 12.2 Å². The highest BCUT2D eigenvalue weighted by Crippen LogP contribution is 2.25. The number of aromatic nitrogens is 1. The summed E-state index contributed by atoms with van der Waals surface area (Å²) < 4.78 is 5.27. The zero-order valence-electron chi connectivity index (χ0n) is 16.1. The molecule has 1 heterocycles. The van der Waals surface area contributed by atoms with E-state index in [0.717, 1.165) is 22.3 Å². The van der Waals surface area contributed by atoms with Crippen molar-refractivity contribution in [1.29, 1.82) is 0 Å². The lowest BCUT2D eigenvalue weighted by atomic mass is 9.92. The van der Waals surface area contributed by atoms with Crippen LogP contribution < -0.4 is 10.1 Å². The summed E-state index contributed by atoms with van der Waals surface area (Å²) in [6, 6.07) is 19.6. The smallest absolute Gasteiger partial charge is 0.409 e. The molecule has 0 saturated heterocycles. The summed E-state index contributed by atoms with van der Waals surface area (Å²) in [6.45, 7) is 4.01. The van der Waals surface area contributed by atoms with Gasteiger partial charge in [-0.3, -0.25) is 4.98 Å². The molecule has 5 nitrogen and oxygen atoms in total. The fourth-order valence-electron chi connectivity index (χ4n) is 2.94. The van der Waals surface area contributed by atoms with E-state index in [1.165, 1.54) is 6.20 Å². The summed E-state index contributed by atoms with van der Waals surface area (Å²) in [6.07, 6.45) is 3.25. The zero-order chi connectivity index (χ0) is 20.0. The maximum absolute atomic E-state index is 12.2. The Labute approximate surface area is 165 Å². The van der Waals surface area contributed by atoms with Gasteiger partial charge in [0, 0.05) is 12.8 Å². The van der Waals surface area contributed by atoms with Crippen molar-refractivity contribution in [2.75, 3.05) is 6.61 Å². The van der Waals surface area contributed by atoms with Crippen LogP contribution in [0.1, 0.15) is 25.0 Å². The number of hydrogen-bond acceptors (Lipinski definition) is 4. The second-order valence-electron chi connectivity index (χ2n) is 7.08. The fourth-order valence-corrected chi connectivity index (χ4v) is 2.94. The number of hydrogen-bond donors (Lipinski definition) is 2. The molecule has 3 aromatic rings. The molecule has 3 rings (SSSR count). The molecule has 0 aliphatic carbocycles. The minimum atomic E-state index is -0.594. The van der Waals surface area contributed by atoms with Gasteiger partial charge in [0.25, 0.3) is 0 Å². The van der Waals surface area contributed by atoms with Gasteiger partial charge in [0.1, 0.15) is 0 Å². The Kier molecular flexibility index (Phi) is 6.06. The number of carbonyl (C=O) groups excluding carboxylic acids is 1. The first-order valence-corrected chi connectivity index (χ1v) is 9.19. The maximum atomic E-state index is 12.2. The quantitative estimate of drug-likeness (QED) is 0.673. The van der Waals surface area contributed by atoms with Crippen molar-refractivity contribution in [2.24, 2.45) is 0 Å². The van der Waals surface area contributed by atoms with Gasteiger partial charge in [-0.15, -0.1) is 0 Å². The molecule has 0 unspecified atom stereocenters. The monoisotopic (exact) mass is 376 g/mol. The van der Waals surface area contributed by atoms with Crippen molar-refractivity contribution in [1.82, 2.24) is 10.3 Å². The van der Waals surface area contributed by atoms with E-state index in [1.54, 1.807) is 18.3 Å². The molecule has 2 N–H and O–H groups in total. The number of nitrogens with zero attached hydrogens (tertiary/aromatic N) is 1. The highest BCUT2D eigenvalue weighted by Gasteiger charge is 2.24. The summed E-state index contributed by atoms with van der Waals surface area (Å²) >= 11 is 0. The summed E-state index contributed by atoms with van der Waals surface area (Å²) in [5, 5.41) is 11.9. The highest BCUT2D eigenvalue weighted by atomic mass is 16.6. The zero-order valence-corrected chi connectivity index (χ0v) is 16.1. The van der Waals surface area contributed by atoms with Gasteiger partial charge in [-0.2, -0.15) is 0 Å². The molecule has 0 radical (unpaired) electrons. The van der Waals surface area contributed by atoms with Gasteiger partial charge in [-0.1, -0.05) is 48.5 Å². The number of nitrogens with one attached hydrogen (secondary N) is 1. The topological polar surface area (TPSA) is 71.5 Å². The molecule has 0 fully saturated rings. The second-order valence-corrected chi connectivity index (χ2v) is 7.08. The Morgan fingerprint density at radius 3 is 2.25 bits per heavy atom. The molecule has 0 bridgehead atoms. The Hall–Kier alpha value is -3.18. The Balaban J connectivity index is 1.68. The third kappa shape index (κ3) is 4.96. The van der Waals surface area contributed by atoms with Crippen molar-refractivity contribution in [2.45, 2.75) is 25.8 Å². The van der Waals surface area contributed by atoms with Crippen molar-refractivity contribution in [3.63, 3.8) is 0 Å². The molecule has 28 heavy (non-hydrogen) atoms. The Morgan fingerprint density at radius 1 is 1.04 bits per heavy atom. The van der Waals surface area contributed by atoms with Gasteiger partial charge in [0.05, 0.1) is 11.7 Å². The van der Waals surface area contributed by atoms with Crippen LogP contribution in [0.5, 0.6) is 5.75 Å². The molecule has 0 saturated carbocycles. The average Bonchev–Trinajstić information content (AvgIpc) is 2.69. The van der Waals surface area contributed by atoms with Crippen LogP contribution in [0, 0.1) is 0 Å². The minimum absolute atomic E-state index is 0.152. The van der Waals surface area contributed by atoms with E-state index in [9.17, 15) is 4.79 Å². The number of benzene rings is 2. The molecule has 0 aliphatic heterocycles. The average molecular weight is 376 g/mol. The Morgan fingerprint density at radius 2 is 1.68 bits per heavy atom. The van der Waals surface area contributed by atoms with Crippen molar-refractivity contribution in [3.8, 4) is 16.9 Å². The lowest BCUT2D eigenvalue weighted by molar-refractivity contribution is 0.188. The predicted octanol–water partition coefficient (Wildman–Crippen LogP) is 4.31. The normalized spacial score (nSPS) is 11.1. The number of pyridine rings is 1. The predicted molar refractivity (Wildman–Crippen MR) is 109 cm³/mol. The highest BCUT2D eigenvalue weighted by molar-refractivity contribution is 5.71. The summed E-state index contributed by atoms with van der Waals surface area (Å²) in [7, 11) is 0. The lowest BCUT2D eigenvalue weighted by Crippen LogP contribution is -2.42. The molecular formula is C23H24N2O3. The van der Waals surface area contributed by atoms with Crippen LogP contribution >= 0.6 is 0 Å². The van der Waals surface area contributed by atoms with E-state index in [-0.39, 0.29) is 6.61 Å². The molecule has 2 aromatic carbocycles. The number of ether oxygens (including phenoxy) is 1. The molecule has 1 amide bonds. The molecule has 1 aromatic heterocycles. The summed E-state index contributed by atoms with van der Waals surface area (Å²) in [5.41, 5.74) is 3.68. The largest absolute Gasteiger partial charge is 0.413 e. The van der Waals surface area contributed by atoms with Crippen LogP contribution in [0.4, 0.5) is 4.79 Å². The van der Waals surface area contributed by atoms with Gasteiger partial charge in [-0.05, 0) is 54.7 Å². The van der Waals surface area contributed by atoms with Gasteiger partial charge >= 0.3 is 6.09 Å². The molecule has 144 valence electrons. The van der Waals surface area contributed by atoms with Crippen molar-refractivity contribution >= 4 is 6.09 Å². The number of carbonyl (C=O) groups is 1.